The van der Waals surface area contributed by atoms with Gasteiger partial charge in [0, 0.05) is 12.1 Å². The van der Waals surface area contributed by atoms with Gasteiger partial charge in [0.05, 0.1) is 0 Å². The first-order valence-electron chi connectivity index (χ1n) is 5.52. The van der Waals surface area contributed by atoms with E-state index in [0.29, 0.717) is 12.5 Å². The predicted molar refractivity (Wildman–Crippen MR) is 60.0 cm³/mol. The van der Waals surface area contributed by atoms with Crippen molar-refractivity contribution in [3.05, 3.63) is 0 Å². The molecule has 1 aliphatic carbocycles. The second kappa shape index (κ2) is 4.49. The van der Waals surface area contributed by atoms with Crippen LogP contribution in [0.25, 0.3) is 0 Å². The molecule has 0 heterocycles. The number of nitrogens with one attached hydrogen (secondary N) is 1. The summed E-state index contributed by atoms with van der Waals surface area (Å²) in [4.78, 5) is 13.3. The van der Waals surface area contributed by atoms with Gasteiger partial charge in [-0.25, -0.2) is 0 Å². The molecule has 0 spiro atoms. The summed E-state index contributed by atoms with van der Waals surface area (Å²) in [5, 5.41) is 12.5. The number of carboxylic acid groups (broad SMARTS) is 1. The van der Waals surface area contributed by atoms with Crippen molar-refractivity contribution >= 4 is 5.97 Å². The molecule has 0 amide bonds. The monoisotopic (exact) mass is 214 g/mol. The Morgan fingerprint density at radius 3 is 2.47 bits per heavy atom. The van der Waals surface area contributed by atoms with E-state index >= 15 is 0 Å². The van der Waals surface area contributed by atoms with Crippen LogP contribution < -0.4 is 5.32 Å². The lowest BCUT2D eigenvalue weighted by atomic mass is 9.93. The van der Waals surface area contributed by atoms with Crippen LogP contribution in [0.5, 0.6) is 0 Å². The molecule has 0 bridgehead atoms. The van der Waals surface area contributed by atoms with Crippen molar-refractivity contribution in [3.63, 3.8) is 0 Å². The van der Waals surface area contributed by atoms with Crippen LogP contribution in [0.3, 0.4) is 0 Å². The molecule has 15 heavy (non-hydrogen) atoms. The molecule has 0 aromatic heterocycles. The topological polar surface area (TPSA) is 52.6 Å². The van der Waals surface area contributed by atoms with E-state index in [1.807, 2.05) is 14.1 Å². The van der Waals surface area contributed by atoms with Crippen molar-refractivity contribution < 1.29 is 9.90 Å². The van der Waals surface area contributed by atoms with E-state index in [-0.39, 0.29) is 6.04 Å². The Labute approximate surface area is 91.6 Å². The summed E-state index contributed by atoms with van der Waals surface area (Å²) in [6.45, 7) is 3.84. The summed E-state index contributed by atoms with van der Waals surface area (Å²) in [6, 6.07) is 0.679. The number of hydrogen-bond acceptors (Lipinski definition) is 3. The SMILES string of the molecule is CC(CC(C)(NC1CC1)C(=O)O)N(C)C. The summed E-state index contributed by atoms with van der Waals surface area (Å²) in [5.74, 6) is -0.747. The first kappa shape index (κ1) is 12.5. The van der Waals surface area contributed by atoms with Crippen LogP contribution in [0.15, 0.2) is 0 Å². The molecule has 0 saturated heterocycles. The number of carbonyl (C=O) groups is 1. The smallest absolute Gasteiger partial charge is 0.323 e. The Bertz CT molecular complexity index is 239. The summed E-state index contributed by atoms with van der Waals surface area (Å²) >= 11 is 0. The molecule has 1 aliphatic rings. The molecule has 1 saturated carbocycles. The van der Waals surface area contributed by atoms with Gasteiger partial charge in [0.25, 0.3) is 0 Å². The van der Waals surface area contributed by atoms with Gasteiger partial charge in [-0.15, -0.1) is 0 Å². The quantitative estimate of drug-likeness (QED) is 0.690. The third kappa shape index (κ3) is 3.47. The van der Waals surface area contributed by atoms with Crippen molar-refractivity contribution in [2.75, 3.05) is 14.1 Å². The number of hydrogen-bond donors (Lipinski definition) is 2. The third-order valence-corrected chi connectivity index (χ3v) is 3.16. The zero-order chi connectivity index (χ0) is 11.6. The van der Waals surface area contributed by atoms with Crippen molar-refractivity contribution in [1.29, 1.82) is 0 Å². The molecule has 0 radical (unpaired) electrons. The second-order valence-corrected chi connectivity index (χ2v) is 5.07. The highest BCUT2D eigenvalue weighted by atomic mass is 16.4. The normalized spacial score (nSPS) is 22.5. The molecule has 0 aromatic rings. The van der Waals surface area contributed by atoms with Gasteiger partial charge in [0.15, 0.2) is 0 Å². The van der Waals surface area contributed by atoms with Crippen LogP contribution in [-0.4, -0.2) is 47.7 Å². The van der Waals surface area contributed by atoms with Crippen molar-refractivity contribution in [2.24, 2.45) is 0 Å². The van der Waals surface area contributed by atoms with Crippen LogP contribution in [0.2, 0.25) is 0 Å². The second-order valence-electron chi connectivity index (χ2n) is 5.07. The minimum atomic E-state index is -0.787. The summed E-state index contributed by atoms with van der Waals surface area (Å²) in [7, 11) is 3.95. The Morgan fingerprint density at radius 2 is 2.13 bits per heavy atom. The molecular formula is C11H22N2O2. The van der Waals surface area contributed by atoms with Gasteiger partial charge in [-0.1, -0.05) is 0 Å². The van der Waals surface area contributed by atoms with Gasteiger partial charge < -0.3 is 10.0 Å². The molecule has 2 N–H and O–H groups in total. The van der Waals surface area contributed by atoms with E-state index in [1.165, 1.54) is 0 Å². The van der Waals surface area contributed by atoms with Crippen LogP contribution in [0.1, 0.15) is 33.1 Å². The Kier molecular flexibility index (Phi) is 3.73. The fourth-order valence-electron chi connectivity index (χ4n) is 1.66. The third-order valence-electron chi connectivity index (χ3n) is 3.16. The summed E-state index contributed by atoms with van der Waals surface area (Å²) < 4.78 is 0. The van der Waals surface area contributed by atoms with Crippen LogP contribution in [0.4, 0.5) is 0 Å². The zero-order valence-corrected chi connectivity index (χ0v) is 10.1. The van der Waals surface area contributed by atoms with Crippen molar-refractivity contribution in [3.8, 4) is 0 Å². The molecule has 0 aliphatic heterocycles. The number of carboxylic acids is 1. The highest BCUT2D eigenvalue weighted by Gasteiger charge is 2.39. The van der Waals surface area contributed by atoms with Gasteiger partial charge >= 0.3 is 5.97 Å². The molecule has 2 unspecified atom stereocenters. The first-order chi connectivity index (χ1) is 6.85. The predicted octanol–water partition coefficient (Wildman–Crippen LogP) is 0.922. The maximum atomic E-state index is 11.3. The fourth-order valence-corrected chi connectivity index (χ4v) is 1.66. The van der Waals surface area contributed by atoms with Crippen LogP contribution in [-0.2, 0) is 4.79 Å². The molecule has 1 rings (SSSR count). The van der Waals surface area contributed by atoms with E-state index in [4.69, 9.17) is 0 Å². The molecule has 2 atom stereocenters. The van der Waals surface area contributed by atoms with E-state index < -0.39 is 11.5 Å². The summed E-state index contributed by atoms with van der Waals surface area (Å²) in [5.41, 5.74) is -0.787. The zero-order valence-electron chi connectivity index (χ0n) is 10.1. The van der Waals surface area contributed by atoms with Gasteiger partial charge in [-0.2, -0.15) is 0 Å². The number of nitrogens with zero attached hydrogens (tertiary/aromatic N) is 1. The molecule has 88 valence electrons. The lowest BCUT2D eigenvalue weighted by Gasteiger charge is -2.32. The lowest BCUT2D eigenvalue weighted by Crippen LogP contribution is -2.53. The minimum absolute atomic E-state index is 0.261. The van der Waals surface area contributed by atoms with Gasteiger partial charge in [0.2, 0.25) is 0 Å². The van der Waals surface area contributed by atoms with Gasteiger partial charge in [-0.3, -0.25) is 10.1 Å². The number of aliphatic carboxylic acids is 1. The lowest BCUT2D eigenvalue weighted by molar-refractivity contribution is -0.145. The standard InChI is InChI=1S/C11H22N2O2/c1-8(13(3)4)7-11(2,10(14)15)12-9-5-6-9/h8-9,12H,5-7H2,1-4H3,(H,14,15). The van der Waals surface area contributed by atoms with E-state index in [1.54, 1.807) is 6.92 Å². The molecule has 4 heteroatoms. The minimum Gasteiger partial charge on any atom is -0.480 e. The van der Waals surface area contributed by atoms with Crippen molar-refractivity contribution in [2.45, 2.75) is 50.7 Å². The maximum Gasteiger partial charge on any atom is 0.323 e. The van der Waals surface area contributed by atoms with E-state index in [2.05, 4.69) is 17.1 Å². The Hall–Kier alpha value is -0.610. The largest absolute Gasteiger partial charge is 0.480 e. The highest BCUT2D eigenvalue weighted by Crippen LogP contribution is 2.25. The number of rotatable bonds is 6. The van der Waals surface area contributed by atoms with E-state index in [9.17, 15) is 9.90 Å². The van der Waals surface area contributed by atoms with Crippen molar-refractivity contribution in [1.82, 2.24) is 10.2 Å². The molecule has 0 aromatic carbocycles. The maximum absolute atomic E-state index is 11.3. The van der Waals surface area contributed by atoms with Gasteiger partial charge in [-0.05, 0) is 47.2 Å². The molecular weight excluding hydrogens is 192 g/mol. The molecule has 4 nitrogen and oxygen atoms in total. The van der Waals surface area contributed by atoms with Crippen LogP contribution >= 0.6 is 0 Å². The average Bonchev–Trinajstić information content (AvgIpc) is 2.87. The summed E-state index contributed by atoms with van der Waals surface area (Å²) in [6.07, 6.45) is 2.85. The Morgan fingerprint density at radius 1 is 1.60 bits per heavy atom. The highest BCUT2D eigenvalue weighted by molar-refractivity contribution is 5.78. The van der Waals surface area contributed by atoms with Gasteiger partial charge in [0.1, 0.15) is 5.54 Å². The molecule has 1 fully saturated rings. The van der Waals surface area contributed by atoms with E-state index in [0.717, 1.165) is 12.8 Å². The first-order valence-corrected chi connectivity index (χ1v) is 5.52. The average molecular weight is 214 g/mol. The van der Waals surface area contributed by atoms with Crippen LogP contribution in [0, 0.1) is 0 Å². The fraction of sp³-hybridized carbons (Fsp3) is 0.909. The Balaban J connectivity index is 2.58.